The van der Waals surface area contributed by atoms with E-state index in [1.54, 1.807) is 0 Å². The summed E-state index contributed by atoms with van der Waals surface area (Å²) in [6.45, 7) is 7.06. The van der Waals surface area contributed by atoms with Crippen LogP contribution in [0, 0.1) is 5.92 Å². The van der Waals surface area contributed by atoms with Crippen LogP contribution in [0.3, 0.4) is 0 Å². The Bertz CT molecular complexity index is 1520. The average Bonchev–Trinajstić information content (AvgIpc) is 3.39. The second-order valence-corrected chi connectivity index (χ2v) is 24.4. The zero-order valence-corrected chi connectivity index (χ0v) is 50.9. The number of aliphatic hydroxyl groups excluding tert-OH is 1. The molecule has 456 valence electrons. The third-order valence-corrected chi connectivity index (χ3v) is 15.2. The summed E-state index contributed by atoms with van der Waals surface area (Å²) >= 11 is 0. The van der Waals surface area contributed by atoms with Gasteiger partial charge in [-0.3, -0.25) is 37.3 Å². The zero-order valence-electron chi connectivity index (χ0n) is 49.1. The molecule has 0 bridgehead atoms. The summed E-state index contributed by atoms with van der Waals surface area (Å²) in [5.41, 5.74) is 0. The van der Waals surface area contributed by atoms with E-state index in [-0.39, 0.29) is 25.7 Å². The van der Waals surface area contributed by atoms with Gasteiger partial charge >= 0.3 is 39.5 Å². The van der Waals surface area contributed by atoms with Crippen molar-refractivity contribution < 1.29 is 80.2 Å². The molecule has 0 heterocycles. The van der Waals surface area contributed by atoms with Crippen molar-refractivity contribution in [3.8, 4) is 0 Å². The van der Waals surface area contributed by atoms with Crippen molar-refractivity contribution >= 4 is 39.5 Å². The number of aliphatic hydroxyl groups is 1. The maximum Gasteiger partial charge on any atom is 0.472 e. The molecule has 0 aliphatic rings. The quantitative estimate of drug-likeness (QED) is 0.0222. The molecular formula is C58H112O17P2. The van der Waals surface area contributed by atoms with Gasteiger partial charge in [0, 0.05) is 25.7 Å². The van der Waals surface area contributed by atoms with Gasteiger partial charge in [-0.1, -0.05) is 234 Å². The fraction of sp³-hybridized carbons (Fsp3) is 0.931. The standard InChI is InChI=1S/C58H112O17P2/c1-6-9-12-15-18-26-31-36-41-55(60)68-47-53(74-57(62)43-38-33-28-20-17-14-11-8-3)49-72-76(64,65)70-45-52(59)46-71-77(66,67)73-50-54(48-69-56(61)42-37-32-27-19-16-13-10-7-2)75-58(63)44-39-34-29-24-22-21-23-25-30-35-40-51(4)5/h51-54,59H,6-50H2,1-5H3,(H,64,65)(H,66,67)/t52-,53+,54+/m0/s1. The van der Waals surface area contributed by atoms with E-state index in [1.165, 1.54) is 89.9 Å². The topological polar surface area (TPSA) is 237 Å². The summed E-state index contributed by atoms with van der Waals surface area (Å²) in [5, 5.41) is 10.5. The van der Waals surface area contributed by atoms with Gasteiger partial charge in [0.05, 0.1) is 26.4 Å². The monoisotopic (exact) mass is 1140 g/mol. The first-order valence-corrected chi connectivity index (χ1v) is 33.6. The van der Waals surface area contributed by atoms with Gasteiger partial charge in [0.2, 0.25) is 0 Å². The lowest BCUT2D eigenvalue weighted by molar-refractivity contribution is -0.161. The summed E-state index contributed by atoms with van der Waals surface area (Å²) in [5.74, 6) is -1.40. The summed E-state index contributed by atoms with van der Waals surface area (Å²) in [7, 11) is -9.86. The Morgan fingerprint density at radius 1 is 0.351 bits per heavy atom. The first-order chi connectivity index (χ1) is 37.0. The number of unbranched alkanes of at least 4 members (excludes halogenated alkanes) is 30. The Hall–Kier alpha value is -1.94. The number of rotatable bonds is 58. The number of ether oxygens (including phenoxy) is 4. The maximum absolute atomic E-state index is 12.9. The molecule has 5 atom stereocenters. The number of hydrogen-bond donors (Lipinski definition) is 3. The Morgan fingerprint density at radius 3 is 0.883 bits per heavy atom. The second-order valence-electron chi connectivity index (χ2n) is 21.5. The Morgan fingerprint density at radius 2 is 0.597 bits per heavy atom. The van der Waals surface area contributed by atoms with Crippen molar-refractivity contribution in [1.29, 1.82) is 0 Å². The van der Waals surface area contributed by atoms with E-state index in [0.717, 1.165) is 115 Å². The molecule has 0 aliphatic heterocycles. The molecule has 19 heteroatoms. The van der Waals surface area contributed by atoms with Crippen LogP contribution in [0.2, 0.25) is 0 Å². The van der Waals surface area contributed by atoms with Crippen LogP contribution in [0.1, 0.15) is 285 Å². The van der Waals surface area contributed by atoms with Gasteiger partial charge in [0.25, 0.3) is 0 Å². The smallest absolute Gasteiger partial charge is 0.462 e. The van der Waals surface area contributed by atoms with Crippen LogP contribution >= 0.6 is 15.6 Å². The molecule has 0 aromatic heterocycles. The lowest BCUT2D eigenvalue weighted by Crippen LogP contribution is -2.30. The Balaban J connectivity index is 5.19. The molecule has 0 fully saturated rings. The second kappa shape index (κ2) is 52.2. The van der Waals surface area contributed by atoms with Crippen LogP contribution < -0.4 is 0 Å². The summed E-state index contributed by atoms with van der Waals surface area (Å²) in [6, 6.07) is 0. The molecule has 0 amide bonds. The maximum atomic E-state index is 12.9. The van der Waals surface area contributed by atoms with E-state index in [4.69, 9.17) is 37.0 Å². The normalized spacial score (nSPS) is 14.4. The molecule has 17 nitrogen and oxygen atoms in total. The van der Waals surface area contributed by atoms with Gasteiger partial charge in [-0.05, 0) is 31.6 Å². The number of phosphoric ester groups is 2. The van der Waals surface area contributed by atoms with Gasteiger partial charge in [-0.15, -0.1) is 0 Å². The van der Waals surface area contributed by atoms with Crippen molar-refractivity contribution in [1.82, 2.24) is 0 Å². The van der Waals surface area contributed by atoms with E-state index < -0.39 is 97.5 Å². The Kier molecular flexibility index (Phi) is 50.8. The fourth-order valence-electron chi connectivity index (χ4n) is 8.52. The van der Waals surface area contributed by atoms with Crippen LogP contribution in [0.15, 0.2) is 0 Å². The third-order valence-electron chi connectivity index (χ3n) is 13.3. The van der Waals surface area contributed by atoms with Gasteiger partial charge in [0.1, 0.15) is 19.3 Å². The number of carbonyl (C=O) groups excluding carboxylic acids is 4. The van der Waals surface area contributed by atoms with Crippen molar-refractivity contribution in [3.05, 3.63) is 0 Å². The first kappa shape index (κ1) is 75.1. The van der Waals surface area contributed by atoms with Crippen LogP contribution in [0.25, 0.3) is 0 Å². The lowest BCUT2D eigenvalue weighted by atomic mass is 10.0. The minimum Gasteiger partial charge on any atom is -0.462 e. The van der Waals surface area contributed by atoms with Crippen LogP contribution in [-0.4, -0.2) is 96.7 Å². The number of hydrogen-bond acceptors (Lipinski definition) is 15. The molecule has 0 rings (SSSR count). The number of esters is 4. The molecule has 2 unspecified atom stereocenters. The predicted octanol–water partition coefficient (Wildman–Crippen LogP) is 15.5. The van der Waals surface area contributed by atoms with E-state index >= 15 is 0 Å². The zero-order chi connectivity index (χ0) is 57.1. The van der Waals surface area contributed by atoms with Gasteiger partial charge < -0.3 is 33.8 Å². The molecule has 0 aliphatic carbocycles. The first-order valence-electron chi connectivity index (χ1n) is 30.6. The van der Waals surface area contributed by atoms with E-state index in [2.05, 4.69) is 34.6 Å². The SMILES string of the molecule is CCCCCCCCCCC(=O)OC[C@H](COP(=O)(O)OC[C@H](O)COP(=O)(O)OC[C@@H](COC(=O)CCCCCCCCCC)OC(=O)CCCCCCCCCCCCC(C)C)OC(=O)CCCCCCCCCC. The highest BCUT2D eigenvalue weighted by Crippen LogP contribution is 2.45. The third kappa shape index (κ3) is 53.2. The van der Waals surface area contributed by atoms with Crippen LogP contribution in [0.5, 0.6) is 0 Å². The summed E-state index contributed by atoms with van der Waals surface area (Å²) < 4.78 is 67.6. The van der Waals surface area contributed by atoms with Crippen LogP contribution in [-0.2, 0) is 65.4 Å². The highest BCUT2D eigenvalue weighted by atomic mass is 31.2. The fourth-order valence-corrected chi connectivity index (χ4v) is 10.1. The molecule has 0 aromatic rings. The molecule has 0 aromatic carbocycles. The van der Waals surface area contributed by atoms with Gasteiger partial charge in [0.15, 0.2) is 12.2 Å². The van der Waals surface area contributed by atoms with Gasteiger partial charge in [-0.25, -0.2) is 9.13 Å². The highest BCUT2D eigenvalue weighted by Gasteiger charge is 2.30. The molecular weight excluding hydrogens is 1030 g/mol. The Labute approximate surface area is 467 Å². The molecule has 0 saturated heterocycles. The van der Waals surface area contributed by atoms with E-state index in [1.807, 2.05) is 0 Å². The van der Waals surface area contributed by atoms with Crippen molar-refractivity contribution in [2.75, 3.05) is 39.6 Å². The molecule has 0 spiro atoms. The summed E-state index contributed by atoms with van der Waals surface area (Å²) in [6.07, 6.45) is 33.6. The number of carbonyl (C=O) groups is 4. The number of phosphoric acid groups is 2. The van der Waals surface area contributed by atoms with Gasteiger partial charge in [-0.2, -0.15) is 0 Å². The molecule has 77 heavy (non-hydrogen) atoms. The average molecular weight is 1140 g/mol. The largest absolute Gasteiger partial charge is 0.472 e. The highest BCUT2D eigenvalue weighted by molar-refractivity contribution is 7.47. The molecule has 0 radical (unpaired) electrons. The molecule has 0 saturated carbocycles. The summed E-state index contributed by atoms with van der Waals surface area (Å²) in [4.78, 5) is 71.7. The lowest BCUT2D eigenvalue weighted by Gasteiger charge is -2.21. The van der Waals surface area contributed by atoms with E-state index in [0.29, 0.717) is 25.7 Å². The van der Waals surface area contributed by atoms with Crippen molar-refractivity contribution in [2.45, 2.75) is 303 Å². The van der Waals surface area contributed by atoms with Crippen molar-refractivity contribution in [2.24, 2.45) is 5.92 Å². The predicted molar refractivity (Wildman–Crippen MR) is 303 cm³/mol. The minimum absolute atomic E-state index is 0.105. The minimum atomic E-state index is -4.93. The van der Waals surface area contributed by atoms with E-state index in [9.17, 15) is 43.2 Å². The van der Waals surface area contributed by atoms with Crippen LogP contribution in [0.4, 0.5) is 0 Å². The van der Waals surface area contributed by atoms with Crippen molar-refractivity contribution in [3.63, 3.8) is 0 Å². The molecule has 3 N–H and O–H groups in total.